The Labute approximate surface area is 213 Å². The van der Waals surface area contributed by atoms with Crippen molar-refractivity contribution in [2.45, 2.75) is 51.5 Å². The molecule has 7 nitrogen and oxygen atoms in total. The topological polar surface area (TPSA) is 98.8 Å². The number of H-pyrrole nitrogens is 1. The van der Waals surface area contributed by atoms with E-state index >= 15 is 0 Å². The molecule has 36 heavy (non-hydrogen) atoms. The zero-order valence-electron chi connectivity index (χ0n) is 20.5. The zero-order chi connectivity index (χ0) is 25.6. The maximum atomic E-state index is 14.3. The number of benzene rings is 1. The minimum atomic E-state index is -0.481. The molecular formula is C27H29ClFN5O2. The molecule has 3 aromatic heterocycles. The quantitative estimate of drug-likeness (QED) is 0.338. The molecule has 3 heterocycles. The summed E-state index contributed by atoms with van der Waals surface area (Å²) in [5, 5.41) is 5.68. The van der Waals surface area contributed by atoms with Crippen molar-refractivity contribution in [2.75, 3.05) is 7.11 Å². The fraction of sp³-hybridized carbons (Fsp3) is 0.370. The van der Waals surface area contributed by atoms with Crippen LogP contribution in [0, 0.1) is 18.7 Å². The Morgan fingerprint density at radius 1 is 1.28 bits per heavy atom. The van der Waals surface area contributed by atoms with Gasteiger partial charge in [0, 0.05) is 52.0 Å². The molecule has 1 saturated carbocycles. The molecule has 0 radical (unpaired) electrons. The van der Waals surface area contributed by atoms with Gasteiger partial charge in [0.05, 0.1) is 24.4 Å². The minimum absolute atomic E-state index is 0.0394. The van der Waals surface area contributed by atoms with Crippen molar-refractivity contribution < 1.29 is 13.9 Å². The van der Waals surface area contributed by atoms with Gasteiger partial charge in [-0.15, -0.1) is 0 Å². The van der Waals surface area contributed by atoms with Gasteiger partial charge in [-0.2, -0.15) is 5.10 Å². The highest BCUT2D eigenvalue weighted by Crippen LogP contribution is 2.41. The van der Waals surface area contributed by atoms with Crippen LogP contribution in [0.25, 0.3) is 22.2 Å². The Bertz CT molecular complexity index is 1440. The highest BCUT2D eigenvalue weighted by Gasteiger charge is 2.28. The smallest absolute Gasteiger partial charge is 0.220 e. The van der Waals surface area contributed by atoms with E-state index in [2.05, 4.69) is 27.6 Å². The van der Waals surface area contributed by atoms with Gasteiger partial charge in [0.2, 0.25) is 5.91 Å². The first-order valence-electron chi connectivity index (χ1n) is 12.1. The van der Waals surface area contributed by atoms with E-state index in [1.54, 1.807) is 13.2 Å². The van der Waals surface area contributed by atoms with E-state index in [1.165, 1.54) is 6.07 Å². The first kappa shape index (κ1) is 24.3. The number of rotatable bonds is 6. The summed E-state index contributed by atoms with van der Waals surface area (Å²) in [5.41, 5.74) is 10.8. The molecule has 188 valence electrons. The average molecular weight is 510 g/mol. The number of hydrogen-bond donors (Lipinski definition) is 2. The monoisotopic (exact) mass is 509 g/mol. The first-order chi connectivity index (χ1) is 17.3. The molecule has 1 fully saturated rings. The van der Waals surface area contributed by atoms with Gasteiger partial charge in [0.1, 0.15) is 17.2 Å². The summed E-state index contributed by atoms with van der Waals surface area (Å²) in [6.07, 6.45) is 8.94. The van der Waals surface area contributed by atoms with E-state index in [1.807, 2.05) is 25.5 Å². The third kappa shape index (κ3) is 4.13. The largest absolute Gasteiger partial charge is 0.496 e. The lowest BCUT2D eigenvalue weighted by Crippen LogP contribution is -2.29. The van der Waals surface area contributed by atoms with Crippen molar-refractivity contribution in [1.82, 2.24) is 19.7 Å². The number of amides is 1. The lowest BCUT2D eigenvalue weighted by Gasteiger charge is -2.27. The van der Waals surface area contributed by atoms with E-state index in [4.69, 9.17) is 27.2 Å². The molecular weight excluding hydrogens is 481 g/mol. The van der Waals surface area contributed by atoms with Crippen molar-refractivity contribution in [3.05, 3.63) is 64.5 Å². The van der Waals surface area contributed by atoms with Crippen LogP contribution in [0.15, 0.2) is 36.8 Å². The number of carbonyl (C=O) groups is 1. The van der Waals surface area contributed by atoms with Gasteiger partial charge >= 0.3 is 0 Å². The second-order valence-corrected chi connectivity index (χ2v) is 9.94. The molecule has 1 aliphatic carbocycles. The molecule has 0 unspecified atom stereocenters. The summed E-state index contributed by atoms with van der Waals surface area (Å²) < 4.78 is 21.9. The molecule has 0 spiro atoms. The number of nitrogens with two attached hydrogens (primary N) is 1. The van der Waals surface area contributed by atoms with E-state index in [0.29, 0.717) is 11.3 Å². The SMILES string of the molecule is COc1ccc(F)c(Cl)c1[C@@H](C)c1c[nH]c2ncc(-c3cnn([C@H]4CC[C@H](C(N)=O)CC4)c3C)cc12. The van der Waals surface area contributed by atoms with E-state index in [0.717, 1.165) is 59.1 Å². The van der Waals surface area contributed by atoms with Gasteiger partial charge in [-0.05, 0) is 56.4 Å². The van der Waals surface area contributed by atoms with Crippen LogP contribution < -0.4 is 10.5 Å². The average Bonchev–Trinajstić information content (AvgIpc) is 3.48. The molecule has 3 N–H and O–H groups in total. The number of halogens is 2. The summed E-state index contributed by atoms with van der Waals surface area (Å²) >= 11 is 6.37. The van der Waals surface area contributed by atoms with Gasteiger partial charge in [-0.1, -0.05) is 18.5 Å². The standard InChI is InChI=1S/C27H29ClFN5O2/c1-14(24-23(36-3)9-8-22(29)25(24)28)20-12-32-27-19(20)10-17(11-31-27)21-13-33-34(15(21)2)18-6-4-16(5-7-18)26(30)35/h8-14,16,18H,4-7H2,1-3H3,(H2,30,35)(H,31,32)/t14-,16-,18-/m0/s1. The maximum Gasteiger partial charge on any atom is 0.220 e. The number of primary amides is 1. The second-order valence-electron chi connectivity index (χ2n) is 9.56. The predicted molar refractivity (Wildman–Crippen MR) is 138 cm³/mol. The molecule has 0 bridgehead atoms. The van der Waals surface area contributed by atoms with E-state index < -0.39 is 5.82 Å². The molecule has 1 aromatic carbocycles. The predicted octanol–water partition coefficient (Wildman–Crippen LogP) is 5.90. The van der Waals surface area contributed by atoms with Gasteiger partial charge in [0.15, 0.2) is 0 Å². The summed E-state index contributed by atoms with van der Waals surface area (Å²) in [6.45, 7) is 4.04. The number of nitrogens with one attached hydrogen (secondary N) is 1. The lowest BCUT2D eigenvalue weighted by atomic mass is 9.85. The Balaban J connectivity index is 1.49. The number of methoxy groups -OCH3 is 1. The Kier molecular flexibility index (Phi) is 6.47. The highest BCUT2D eigenvalue weighted by molar-refractivity contribution is 6.31. The summed E-state index contributed by atoms with van der Waals surface area (Å²) in [5.74, 6) is -0.429. The molecule has 5 rings (SSSR count). The number of pyridine rings is 1. The number of hydrogen-bond acceptors (Lipinski definition) is 4. The van der Waals surface area contributed by atoms with E-state index in [-0.39, 0.29) is 28.8 Å². The van der Waals surface area contributed by atoms with Gasteiger partial charge in [-0.3, -0.25) is 9.48 Å². The lowest BCUT2D eigenvalue weighted by molar-refractivity contribution is -0.122. The molecule has 4 aromatic rings. The molecule has 0 aliphatic heterocycles. The normalized spacial score (nSPS) is 18.9. The third-order valence-corrected chi connectivity index (χ3v) is 7.96. The second kappa shape index (κ2) is 9.58. The number of aromatic nitrogens is 4. The summed E-state index contributed by atoms with van der Waals surface area (Å²) in [6, 6.07) is 5.24. The maximum absolute atomic E-state index is 14.3. The number of nitrogens with zero attached hydrogens (tertiary/aromatic N) is 3. The number of fused-ring (bicyclic) bond motifs is 1. The number of carbonyl (C=O) groups excluding carboxylic acids is 1. The van der Waals surface area contributed by atoms with Crippen LogP contribution in [-0.4, -0.2) is 32.8 Å². The van der Waals surface area contributed by atoms with Crippen LogP contribution >= 0.6 is 11.6 Å². The Morgan fingerprint density at radius 2 is 2.03 bits per heavy atom. The van der Waals surface area contributed by atoms with Crippen molar-refractivity contribution in [1.29, 1.82) is 0 Å². The van der Waals surface area contributed by atoms with Crippen LogP contribution in [0.4, 0.5) is 4.39 Å². The van der Waals surface area contributed by atoms with Crippen LogP contribution in [0.3, 0.4) is 0 Å². The van der Waals surface area contributed by atoms with Gasteiger partial charge < -0.3 is 15.5 Å². The highest BCUT2D eigenvalue weighted by atomic mass is 35.5. The zero-order valence-corrected chi connectivity index (χ0v) is 21.3. The van der Waals surface area contributed by atoms with Crippen LogP contribution in [0.2, 0.25) is 5.02 Å². The Hall–Kier alpha value is -3.39. The van der Waals surface area contributed by atoms with Crippen molar-refractivity contribution >= 4 is 28.5 Å². The summed E-state index contributed by atoms with van der Waals surface area (Å²) in [4.78, 5) is 19.4. The number of aromatic amines is 1. The Morgan fingerprint density at radius 3 is 2.72 bits per heavy atom. The van der Waals surface area contributed by atoms with Crippen molar-refractivity contribution in [3.63, 3.8) is 0 Å². The van der Waals surface area contributed by atoms with Crippen LogP contribution in [-0.2, 0) is 4.79 Å². The molecule has 1 atom stereocenters. The minimum Gasteiger partial charge on any atom is -0.496 e. The third-order valence-electron chi connectivity index (χ3n) is 7.58. The fourth-order valence-electron chi connectivity index (χ4n) is 5.49. The fourth-order valence-corrected chi connectivity index (χ4v) is 5.81. The van der Waals surface area contributed by atoms with Gasteiger partial charge in [0.25, 0.3) is 0 Å². The van der Waals surface area contributed by atoms with Gasteiger partial charge in [-0.25, -0.2) is 9.37 Å². The van der Waals surface area contributed by atoms with E-state index in [9.17, 15) is 9.18 Å². The molecule has 1 aliphatic rings. The first-order valence-corrected chi connectivity index (χ1v) is 12.5. The summed E-state index contributed by atoms with van der Waals surface area (Å²) in [7, 11) is 1.55. The molecule has 9 heteroatoms. The van der Waals surface area contributed by atoms with Crippen molar-refractivity contribution in [3.8, 4) is 16.9 Å². The van der Waals surface area contributed by atoms with Crippen molar-refractivity contribution in [2.24, 2.45) is 11.7 Å². The number of ether oxygens (including phenoxy) is 1. The molecule has 0 saturated heterocycles. The van der Waals surface area contributed by atoms with Crippen LogP contribution in [0.5, 0.6) is 5.75 Å². The van der Waals surface area contributed by atoms with Crippen LogP contribution in [0.1, 0.15) is 61.4 Å². The molecule has 1 amide bonds.